The first-order valence-corrected chi connectivity index (χ1v) is 6.97. The molecular formula is C16H15ClFN3O. The highest BCUT2D eigenvalue weighted by atomic mass is 35.5. The number of nitrogens with two attached hydrogens (primary N) is 2. The van der Waals surface area contributed by atoms with Crippen molar-refractivity contribution in [1.29, 1.82) is 0 Å². The van der Waals surface area contributed by atoms with Crippen LogP contribution in [-0.2, 0) is 11.2 Å². The fourth-order valence-corrected chi connectivity index (χ4v) is 2.33. The number of amides is 1. The van der Waals surface area contributed by atoms with Crippen LogP contribution in [0.2, 0.25) is 5.02 Å². The van der Waals surface area contributed by atoms with Gasteiger partial charge in [-0.2, -0.15) is 4.99 Å². The predicted octanol–water partition coefficient (Wildman–Crippen LogP) is 2.61. The number of benzene rings is 2. The van der Waals surface area contributed by atoms with Gasteiger partial charge in [-0.05, 0) is 41.8 Å². The molecule has 0 aromatic heterocycles. The number of aliphatic imine (C=N–C) groups is 1. The third-order valence-corrected chi connectivity index (χ3v) is 3.38. The highest BCUT2D eigenvalue weighted by Gasteiger charge is 2.21. The third-order valence-electron chi connectivity index (χ3n) is 3.14. The van der Waals surface area contributed by atoms with Crippen LogP contribution < -0.4 is 11.5 Å². The van der Waals surface area contributed by atoms with Crippen molar-refractivity contribution in [3.63, 3.8) is 0 Å². The summed E-state index contributed by atoms with van der Waals surface area (Å²) in [6.45, 7) is 0. The number of nitrogens with zero attached hydrogens (tertiary/aromatic N) is 1. The van der Waals surface area contributed by atoms with Crippen LogP contribution >= 0.6 is 11.6 Å². The zero-order valence-electron chi connectivity index (χ0n) is 11.7. The number of carbonyl (C=O) groups is 1. The second kappa shape index (κ2) is 7.04. The summed E-state index contributed by atoms with van der Waals surface area (Å²) in [6.07, 6.45) is 0.343. The number of hydrogen-bond donors (Lipinski definition) is 2. The molecule has 0 radical (unpaired) electrons. The van der Waals surface area contributed by atoms with Crippen LogP contribution in [0.5, 0.6) is 0 Å². The van der Waals surface area contributed by atoms with Crippen molar-refractivity contribution in [3.8, 4) is 0 Å². The van der Waals surface area contributed by atoms with Crippen molar-refractivity contribution in [2.45, 2.75) is 12.3 Å². The second-order valence-corrected chi connectivity index (χ2v) is 5.25. The van der Waals surface area contributed by atoms with Gasteiger partial charge in [0.2, 0.25) is 0 Å². The van der Waals surface area contributed by atoms with Crippen molar-refractivity contribution in [2.24, 2.45) is 16.5 Å². The molecule has 0 saturated carbocycles. The molecule has 6 heteroatoms. The van der Waals surface area contributed by atoms with E-state index >= 15 is 0 Å². The van der Waals surface area contributed by atoms with Crippen molar-refractivity contribution < 1.29 is 9.18 Å². The number of hydrogen-bond acceptors (Lipinski definition) is 1. The van der Waals surface area contributed by atoms with Gasteiger partial charge >= 0.3 is 0 Å². The average Bonchev–Trinajstić information content (AvgIpc) is 2.45. The normalized spacial score (nSPS) is 11.7. The van der Waals surface area contributed by atoms with Gasteiger partial charge in [0, 0.05) is 5.02 Å². The Bertz CT molecular complexity index is 697. The molecule has 22 heavy (non-hydrogen) atoms. The van der Waals surface area contributed by atoms with Crippen LogP contribution in [-0.4, -0.2) is 11.9 Å². The summed E-state index contributed by atoms with van der Waals surface area (Å²) in [4.78, 5) is 15.9. The summed E-state index contributed by atoms with van der Waals surface area (Å²) in [5.41, 5.74) is 12.1. The van der Waals surface area contributed by atoms with E-state index in [9.17, 15) is 9.18 Å². The molecule has 0 aliphatic heterocycles. The highest BCUT2D eigenvalue weighted by molar-refractivity contribution is 6.30. The summed E-state index contributed by atoms with van der Waals surface area (Å²) in [5.74, 6) is -1.69. The van der Waals surface area contributed by atoms with Gasteiger partial charge in [-0.15, -0.1) is 0 Å². The monoisotopic (exact) mass is 319 g/mol. The van der Waals surface area contributed by atoms with Crippen molar-refractivity contribution in [3.05, 3.63) is 70.5 Å². The molecule has 114 valence electrons. The van der Waals surface area contributed by atoms with Crippen LogP contribution in [0, 0.1) is 5.82 Å². The Morgan fingerprint density at radius 1 is 1.18 bits per heavy atom. The zero-order chi connectivity index (χ0) is 16.1. The minimum Gasteiger partial charge on any atom is -0.370 e. The van der Waals surface area contributed by atoms with E-state index in [1.807, 2.05) is 0 Å². The highest BCUT2D eigenvalue weighted by Crippen LogP contribution is 2.25. The molecule has 0 saturated heterocycles. The van der Waals surface area contributed by atoms with E-state index in [2.05, 4.69) is 4.99 Å². The Balaban J connectivity index is 2.35. The molecule has 1 amide bonds. The fraction of sp³-hybridized carbons (Fsp3) is 0.125. The molecule has 4 N–H and O–H groups in total. The van der Waals surface area contributed by atoms with Gasteiger partial charge in [-0.1, -0.05) is 35.9 Å². The lowest BCUT2D eigenvalue weighted by molar-refractivity contribution is -0.119. The van der Waals surface area contributed by atoms with Crippen LogP contribution in [0.15, 0.2) is 53.5 Å². The van der Waals surface area contributed by atoms with Crippen molar-refractivity contribution >= 4 is 23.5 Å². The Morgan fingerprint density at radius 2 is 1.86 bits per heavy atom. The maximum atomic E-state index is 13.0. The van der Waals surface area contributed by atoms with Crippen molar-refractivity contribution in [1.82, 2.24) is 0 Å². The lowest BCUT2D eigenvalue weighted by Crippen LogP contribution is -2.26. The Kier molecular flexibility index (Phi) is 5.12. The van der Waals surface area contributed by atoms with E-state index in [1.165, 1.54) is 12.1 Å². The zero-order valence-corrected chi connectivity index (χ0v) is 12.4. The molecule has 0 heterocycles. The summed E-state index contributed by atoms with van der Waals surface area (Å²) >= 11 is 5.98. The third kappa shape index (κ3) is 4.30. The minimum atomic E-state index is -0.591. The van der Waals surface area contributed by atoms with Gasteiger partial charge in [0.1, 0.15) is 5.82 Å². The summed E-state index contributed by atoms with van der Waals surface area (Å²) in [6, 6.07) is 12.9. The van der Waals surface area contributed by atoms with E-state index < -0.39 is 11.8 Å². The Morgan fingerprint density at radius 3 is 2.45 bits per heavy atom. The summed E-state index contributed by atoms with van der Waals surface area (Å²) < 4.78 is 13.0. The number of halogens is 2. The fourth-order valence-electron chi connectivity index (χ4n) is 2.13. The molecular weight excluding hydrogens is 305 g/mol. The van der Waals surface area contributed by atoms with Gasteiger partial charge in [-0.25, -0.2) is 4.39 Å². The van der Waals surface area contributed by atoms with Gasteiger partial charge < -0.3 is 11.5 Å². The van der Waals surface area contributed by atoms with E-state index in [-0.39, 0.29) is 11.8 Å². The lowest BCUT2D eigenvalue weighted by atomic mass is 9.91. The maximum Gasteiger partial charge on any atom is 0.256 e. The molecule has 1 unspecified atom stereocenters. The number of rotatable bonds is 4. The summed E-state index contributed by atoms with van der Waals surface area (Å²) in [7, 11) is 0. The largest absolute Gasteiger partial charge is 0.370 e. The molecule has 1 atom stereocenters. The van der Waals surface area contributed by atoms with Crippen LogP contribution in [0.1, 0.15) is 17.0 Å². The van der Waals surface area contributed by atoms with E-state index in [1.54, 1.807) is 36.4 Å². The first-order valence-electron chi connectivity index (χ1n) is 6.59. The minimum absolute atomic E-state index is 0.295. The van der Waals surface area contributed by atoms with Crippen LogP contribution in [0.25, 0.3) is 0 Å². The second-order valence-electron chi connectivity index (χ2n) is 4.81. The standard InChI is InChI=1S/C16H15ClFN3O/c17-12-3-1-2-11(9-12)14(15(22)21-16(19)20)8-10-4-6-13(18)7-5-10/h1-7,9,14H,8H2,(H4,19,20,21,22). The number of guanidine groups is 1. The Labute approximate surface area is 132 Å². The van der Waals surface area contributed by atoms with Gasteiger partial charge in [0.05, 0.1) is 5.92 Å². The molecule has 0 aliphatic carbocycles. The Hall–Kier alpha value is -2.40. The molecule has 0 fully saturated rings. The molecule has 2 aromatic rings. The van der Waals surface area contributed by atoms with E-state index in [0.29, 0.717) is 17.0 Å². The molecule has 0 spiro atoms. The first-order chi connectivity index (χ1) is 10.5. The lowest BCUT2D eigenvalue weighted by Gasteiger charge is -2.14. The maximum absolute atomic E-state index is 13.0. The molecule has 0 aliphatic rings. The predicted molar refractivity (Wildman–Crippen MR) is 85.1 cm³/mol. The van der Waals surface area contributed by atoms with E-state index in [0.717, 1.165) is 5.56 Å². The van der Waals surface area contributed by atoms with Crippen LogP contribution in [0.3, 0.4) is 0 Å². The SMILES string of the molecule is NC(N)=NC(=O)C(Cc1ccc(F)cc1)c1cccc(Cl)c1. The molecule has 2 aromatic carbocycles. The number of carbonyl (C=O) groups excluding carboxylic acids is 1. The van der Waals surface area contributed by atoms with Gasteiger partial charge in [-0.3, -0.25) is 4.79 Å². The van der Waals surface area contributed by atoms with Gasteiger partial charge in [0.15, 0.2) is 5.96 Å². The topological polar surface area (TPSA) is 81.5 Å². The van der Waals surface area contributed by atoms with Gasteiger partial charge in [0.25, 0.3) is 5.91 Å². The van der Waals surface area contributed by atoms with Crippen molar-refractivity contribution in [2.75, 3.05) is 0 Å². The molecule has 0 bridgehead atoms. The molecule has 2 rings (SSSR count). The first kappa shape index (κ1) is 16.0. The molecule has 4 nitrogen and oxygen atoms in total. The van der Waals surface area contributed by atoms with E-state index in [4.69, 9.17) is 23.1 Å². The quantitative estimate of drug-likeness (QED) is 0.671. The average molecular weight is 320 g/mol. The smallest absolute Gasteiger partial charge is 0.256 e. The summed E-state index contributed by atoms with van der Waals surface area (Å²) in [5, 5.41) is 0.513. The van der Waals surface area contributed by atoms with Crippen LogP contribution in [0.4, 0.5) is 4.39 Å².